The Morgan fingerprint density at radius 3 is 2.58 bits per heavy atom. The largest absolute Gasteiger partial charge is 0.392 e. The lowest BCUT2D eigenvalue weighted by molar-refractivity contribution is -0.276. The number of hydrogen-bond acceptors (Lipinski definition) is 6. The first-order valence-electron chi connectivity index (χ1n) is 12.1. The van der Waals surface area contributed by atoms with Gasteiger partial charge in [-0.25, -0.2) is 4.98 Å². The third-order valence-electron chi connectivity index (χ3n) is 6.57. The number of halogens is 2. The van der Waals surface area contributed by atoms with Crippen LogP contribution in [-0.4, -0.2) is 31.7 Å². The van der Waals surface area contributed by atoms with Crippen molar-refractivity contribution in [3.8, 4) is 0 Å². The highest BCUT2D eigenvalue weighted by Gasteiger charge is 2.39. The van der Waals surface area contributed by atoms with Crippen LogP contribution < -0.4 is 5.32 Å². The number of anilines is 1. The number of ether oxygens (including phenoxy) is 2. The number of aliphatic hydroxyl groups excluding tert-OH is 1. The molecule has 0 spiro atoms. The number of nitrogens with zero attached hydrogens (tertiary/aromatic N) is 3. The molecule has 0 saturated carbocycles. The summed E-state index contributed by atoms with van der Waals surface area (Å²) < 4.78 is 14.7. The zero-order valence-electron chi connectivity index (χ0n) is 20.5. The average Bonchev–Trinajstić information content (AvgIpc) is 3.27. The molecule has 0 bridgehead atoms. The van der Waals surface area contributed by atoms with Gasteiger partial charge in [-0.3, -0.25) is 9.78 Å². The molecule has 2 aromatic carbocycles. The number of amides is 1. The summed E-state index contributed by atoms with van der Waals surface area (Å²) in [6.07, 6.45) is 3.40. The highest BCUT2D eigenvalue weighted by atomic mass is 35.5. The predicted octanol–water partition coefficient (Wildman–Crippen LogP) is 5.82. The van der Waals surface area contributed by atoms with E-state index in [-0.39, 0.29) is 35.8 Å². The summed E-state index contributed by atoms with van der Waals surface area (Å²) in [5.74, 6) is -0.322. The minimum atomic E-state index is -0.716. The maximum absolute atomic E-state index is 12.7. The second kappa shape index (κ2) is 11.6. The summed E-state index contributed by atoms with van der Waals surface area (Å²) in [5.41, 5.74) is 3.59. The predicted molar refractivity (Wildman–Crippen MR) is 144 cm³/mol. The third kappa shape index (κ3) is 5.75. The lowest BCUT2D eigenvalue weighted by Crippen LogP contribution is -2.39. The summed E-state index contributed by atoms with van der Waals surface area (Å²) in [5, 5.41) is 12.9. The highest BCUT2D eigenvalue weighted by molar-refractivity contribution is 6.40. The van der Waals surface area contributed by atoms with Gasteiger partial charge in [0.15, 0.2) is 11.4 Å². The first kappa shape index (κ1) is 26.3. The summed E-state index contributed by atoms with van der Waals surface area (Å²) in [4.78, 5) is 20.8. The van der Waals surface area contributed by atoms with E-state index in [0.29, 0.717) is 22.9 Å². The van der Waals surface area contributed by atoms with Crippen molar-refractivity contribution in [2.75, 3.05) is 5.32 Å². The van der Waals surface area contributed by atoms with Gasteiger partial charge in [0.05, 0.1) is 37.3 Å². The summed E-state index contributed by atoms with van der Waals surface area (Å²) in [6.45, 7) is 2.44. The lowest BCUT2D eigenvalue weighted by atomic mass is 9.90. The molecule has 1 aliphatic rings. The molecule has 4 atom stereocenters. The van der Waals surface area contributed by atoms with Crippen LogP contribution in [0.1, 0.15) is 46.4 Å². The van der Waals surface area contributed by atoms with Gasteiger partial charge in [0, 0.05) is 29.6 Å². The minimum absolute atomic E-state index is 0.0346. The topological polar surface area (TPSA) is 98.5 Å². The van der Waals surface area contributed by atoms with Crippen LogP contribution in [0.5, 0.6) is 0 Å². The molecule has 10 heteroatoms. The maximum Gasteiger partial charge on any atom is 0.257 e. The van der Waals surface area contributed by atoms with Crippen LogP contribution in [-0.2, 0) is 22.6 Å². The van der Waals surface area contributed by atoms with Crippen LogP contribution in [0.4, 0.5) is 5.69 Å². The molecule has 0 unspecified atom stereocenters. The first-order valence-corrected chi connectivity index (χ1v) is 12.9. The lowest BCUT2D eigenvalue weighted by Gasteiger charge is -2.41. The van der Waals surface area contributed by atoms with Crippen molar-refractivity contribution in [1.29, 1.82) is 0 Å². The van der Waals surface area contributed by atoms with Gasteiger partial charge >= 0.3 is 0 Å². The zero-order valence-corrected chi connectivity index (χ0v) is 22.0. The molecule has 8 nitrogen and oxygen atoms in total. The molecule has 196 valence electrons. The molecule has 0 aliphatic carbocycles. The zero-order chi connectivity index (χ0) is 26.6. The van der Waals surface area contributed by atoms with E-state index in [1.165, 1.54) is 6.20 Å². The number of rotatable bonds is 7. The number of carbonyl (C=O) groups excluding carboxylic acids is 1. The molecule has 5 rings (SSSR count). The van der Waals surface area contributed by atoms with Crippen LogP contribution >= 0.6 is 23.2 Å². The Kier molecular flexibility index (Phi) is 8.06. The first-order chi connectivity index (χ1) is 18.4. The number of aromatic nitrogens is 3. The normalized spacial score (nSPS) is 21.3. The molecule has 0 radical (unpaired) electrons. The van der Waals surface area contributed by atoms with Gasteiger partial charge in [0.25, 0.3) is 5.91 Å². The van der Waals surface area contributed by atoms with Gasteiger partial charge in [-0.15, -0.1) is 0 Å². The molecule has 1 saturated heterocycles. The van der Waals surface area contributed by atoms with E-state index < -0.39 is 6.29 Å². The van der Waals surface area contributed by atoms with E-state index in [1.54, 1.807) is 35.3 Å². The molecule has 2 aromatic heterocycles. The number of hydrogen-bond donors (Lipinski definition) is 2. The Labute approximate surface area is 230 Å². The monoisotopic (exact) mass is 552 g/mol. The van der Waals surface area contributed by atoms with Gasteiger partial charge in [0.1, 0.15) is 5.15 Å². The molecule has 1 amide bonds. The van der Waals surface area contributed by atoms with E-state index in [4.69, 9.17) is 32.7 Å². The standard InChI is InChI=1S/C28H26Cl2N4O4/c1-17-23(14-34-16-32-25(29)26(34)30)37-28(38-24(17)19-9-7-18(15-35)8-10-19)20-4-2-6-22(12-20)33-27(36)21-5-3-11-31-13-21/h2-13,16-17,23-24,28,35H,14-15H2,1H3,(H,33,36)/t17-,23+,24+,28+/m1/s1. The SMILES string of the molecule is C[C@@H]1[C@H](Cn2cnc(Cl)c2Cl)O[C@H](c2cccc(NC(=O)c3cccnc3)c2)O[C@@H]1c1ccc(CO)cc1. The van der Waals surface area contributed by atoms with Crippen molar-refractivity contribution < 1.29 is 19.4 Å². The fraction of sp³-hybridized carbons (Fsp3) is 0.250. The molecule has 38 heavy (non-hydrogen) atoms. The highest BCUT2D eigenvalue weighted by Crippen LogP contribution is 2.42. The van der Waals surface area contributed by atoms with Crippen molar-refractivity contribution in [2.45, 2.75) is 38.6 Å². The van der Waals surface area contributed by atoms with E-state index in [2.05, 4.69) is 22.2 Å². The Balaban J connectivity index is 1.42. The quantitative estimate of drug-likeness (QED) is 0.299. The molecular formula is C28H26Cl2N4O4. The van der Waals surface area contributed by atoms with E-state index >= 15 is 0 Å². The fourth-order valence-corrected chi connectivity index (χ4v) is 4.77. The van der Waals surface area contributed by atoms with Gasteiger partial charge in [0.2, 0.25) is 0 Å². The Hall–Kier alpha value is -3.27. The Morgan fingerprint density at radius 2 is 1.89 bits per heavy atom. The van der Waals surface area contributed by atoms with E-state index in [9.17, 15) is 9.90 Å². The number of aliphatic hydroxyl groups is 1. The van der Waals surface area contributed by atoms with Crippen molar-refractivity contribution >= 4 is 34.8 Å². The summed E-state index contributed by atoms with van der Waals surface area (Å²) >= 11 is 12.4. The van der Waals surface area contributed by atoms with Gasteiger partial charge in [-0.1, -0.05) is 66.5 Å². The van der Waals surface area contributed by atoms with Crippen molar-refractivity contribution in [1.82, 2.24) is 14.5 Å². The Bertz CT molecular complexity index is 1400. The summed E-state index contributed by atoms with van der Waals surface area (Å²) in [6, 6.07) is 18.5. The molecular weight excluding hydrogens is 527 g/mol. The second-order valence-corrected chi connectivity index (χ2v) is 9.84. The third-order valence-corrected chi connectivity index (χ3v) is 7.34. The molecule has 1 fully saturated rings. The number of imidazole rings is 1. The second-order valence-electron chi connectivity index (χ2n) is 9.12. The number of pyridine rings is 1. The maximum atomic E-state index is 12.7. The van der Waals surface area contributed by atoms with Crippen LogP contribution in [0.15, 0.2) is 79.4 Å². The number of benzene rings is 2. The van der Waals surface area contributed by atoms with Crippen molar-refractivity contribution in [3.63, 3.8) is 0 Å². The smallest absolute Gasteiger partial charge is 0.257 e. The number of nitrogens with one attached hydrogen (secondary N) is 1. The van der Waals surface area contributed by atoms with Crippen molar-refractivity contribution in [3.05, 3.63) is 112 Å². The van der Waals surface area contributed by atoms with Crippen molar-refractivity contribution in [2.24, 2.45) is 5.92 Å². The molecule has 3 heterocycles. The summed E-state index contributed by atoms with van der Waals surface area (Å²) in [7, 11) is 0. The van der Waals surface area contributed by atoms with Gasteiger partial charge < -0.3 is 24.5 Å². The van der Waals surface area contributed by atoms with Crippen LogP contribution in [0.2, 0.25) is 10.3 Å². The van der Waals surface area contributed by atoms with Gasteiger partial charge in [-0.2, -0.15) is 0 Å². The van der Waals surface area contributed by atoms with Crippen LogP contribution in [0.25, 0.3) is 0 Å². The van der Waals surface area contributed by atoms with Crippen LogP contribution in [0, 0.1) is 5.92 Å². The molecule has 2 N–H and O–H groups in total. The fourth-order valence-electron chi connectivity index (χ4n) is 4.46. The minimum Gasteiger partial charge on any atom is -0.392 e. The molecule has 1 aliphatic heterocycles. The average molecular weight is 553 g/mol. The van der Waals surface area contributed by atoms with E-state index in [0.717, 1.165) is 16.7 Å². The van der Waals surface area contributed by atoms with Gasteiger partial charge in [-0.05, 0) is 35.4 Å². The Morgan fingerprint density at radius 1 is 1.08 bits per heavy atom. The molecule has 4 aromatic rings. The van der Waals surface area contributed by atoms with E-state index in [1.807, 2.05) is 42.5 Å². The number of carbonyl (C=O) groups is 1. The van der Waals surface area contributed by atoms with Crippen LogP contribution in [0.3, 0.4) is 0 Å².